The Kier molecular flexibility index (Phi) is 4.08. The first kappa shape index (κ1) is 14.1. The molecule has 0 saturated carbocycles. The topological polar surface area (TPSA) is 35.8 Å². The van der Waals surface area contributed by atoms with Gasteiger partial charge in [0.25, 0.3) is 0 Å². The average molecular weight is 268 g/mol. The van der Waals surface area contributed by atoms with Gasteiger partial charge in [-0.05, 0) is 66.9 Å². The number of aliphatic imine (C=N–C) groups is 1. The second-order valence-electron chi connectivity index (χ2n) is 5.17. The van der Waals surface area contributed by atoms with Gasteiger partial charge in [0.15, 0.2) is 0 Å². The van der Waals surface area contributed by atoms with E-state index in [4.69, 9.17) is 0 Å². The SMILES string of the molecule is Cc1cc(C=Nc2ccc(N(C)C)cc2)cc(C)c1O. The van der Waals surface area contributed by atoms with Gasteiger partial charge in [-0.25, -0.2) is 0 Å². The molecule has 0 fully saturated rings. The maximum atomic E-state index is 9.75. The van der Waals surface area contributed by atoms with E-state index in [1.807, 2.05) is 70.6 Å². The third-order valence-corrected chi connectivity index (χ3v) is 3.24. The van der Waals surface area contributed by atoms with Gasteiger partial charge in [0.2, 0.25) is 0 Å². The van der Waals surface area contributed by atoms with Crippen LogP contribution in [-0.2, 0) is 0 Å². The summed E-state index contributed by atoms with van der Waals surface area (Å²) in [5.74, 6) is 0.359. The van der Waals surface area contributed by atoms with Gasteiger partial charge in [-0.3, -0.25) is 4.99 Å². The molecule has 0 saturated heterocycles. The van der Waals surface area contributed by atoms with E-state index in [1.165, 1.54) is 0 Å². The van der Waals surface area contributed by atoms with Crippen LogP contribution in [-0.4, -0.2) is 25.4 Å². The maximum Gasteiger partial charge on any atom is 0.121 e. The highest BCUT2D eigenvalue weighted by Gasteiger charge is 2.01. The van der Waals surface area contributed by atoms with E-state index in [0.29, 0.717) is 5.75 Å². The van der Waals surface area contributed by atoms with Gasteiger partial charge in [0.05, 0.1) is 5.69 Å². The summed E-state index contributed by atoms with van der Waals surface area (Å²) >= 11 is 0. The van der Waals surface area contributed by atoms with Crippen LogP contribution in [0.3, 0.4) is 0 Å². The first-order valence-corrected chi connectivity index (χ1v) is 6.59. The number of phenolic OH excluding ortho intramolecular Hbond substituents is 1. The Bertz CT molecular complexity index is 605. The zero-order valence-electron chi connectivity index (χ0n) is 12.4. The quantitative estimate of drug-likeness (QED) is 0.859. The molecular weight excluding hydrogens is 248 g/mol. The highest BCUT2D eigenvalue weighted by Crippen LogP contribution is 2.23. The predicted octanol–water partition coefficient (Wildman–Crippen LogP) is 3.83. The van der Waals surface area contributed by atoms with Crippen LogP contribution in [0.4, 0.5) is 11.4 Å². The molecule has 0 aliphatic heterocycles. The van der Waals surface area contributed by atoms with Crippen molar-refractivity contribution in [3.63, 3.8) is 0 Å². The van der Waals surface area contributed by atoms with Crippen molar-refractivity contribution in [1.82, 2.24) is 0 Å². The Morgan fingerprint density at radius 2 is 1.55 bits per heavy atom. The molecule has 0 amide bonds. The smallest absolute Gasteiger partial charge is 0.121 e. The highest BCUT2D eigenvalue weighted by atomic mass is 16.3. The molecule has 0 unspecified atom stereocenters. The van der Waals surface area contributed by atoms with Crippen LogP contribution in [0, 0.1) is 13.8 Å². The van der Waals surface area contributed by atoms with E-state index in [1.54, 1.807) is 0 Å². The molecule has 2 aromatic carbocycles. The standard InChI is InChI=1S/C17H20N2O/c1-12-9-14(10-13(2)17(12)20)11-18-15-5-7-16(8-6-15)19(3)4/h5-11,20H,1-4H3. The number of hydrogen-bond acceptors (Lipinski definition) is 3. The summed E-state index contributed by atoms with van der Waals surface area (Å²) in [6.07, 6.45) is 1.82. The molecule has 0 aromatic heterocycles. The first-order valence-electron chi connectivity index (χ1n) is 6.59. The van der Waals surface area contributed by atoms with E-state index in [9.17, 15) is 5.11 Å². The van der Waals surface area contributed by atoms with Crippen molar-refractivity contribution >= 4 is 17.6 Å². The molecule has 2 rings (SSSR count). The van der Waals surface area contributed by atoms with Gasteiger partial charge in [0, 0.05) is 26.0 Å². The van der Waals surface area contributed by atoms with Crippen molar-refractivity contribution in [2.45, 2.75) is 13.8 Å². The molecule has 20 heavy (non-hydrogen) atoms. The summed E-state index contributed by atoms with van der Waals surface area (Å²) in [6.45, 7) is 3.79. The second kappa shape index (κ2) is 5.78. The monoisotopic (exact) mass is 268 g/mol. The van der Waals surface area contributed by atoms with Crippen LogP contribution in [0.5, 0.6) is 5.75 Å². The number of phenols is 1. The van der Waals surface area contributed by atoms with E-state index in [-0.39, 0.29) is 0 Å². The minimum absolute atomic E-state index is 0.359. The summed E-state index contributed by atoms with van der Waals surface area (Å²) in [5.41, 5.74) is 4.80. The van der Waals surface area contributed by atoms with Gasteiger partial charge in [-0.1, -0.05) is 0 Å². The normalized spacial score (nSPS) is 11.0. The largest absolute Gasteiger partial charge is 0.507 e. The van der Waals surface area contributed by atoms with E-state index < -0.39 is 0 Å². The van der Waals surface area contributed by atoms with Crippen molar-refractivity contribution in [2.75, 3.05) is 19.0 Å². The van der Waals surface area contributed by atoms with Crippen LogP contribution in [0.15, 0.2) is 41.4 Å². The van der Waals surface area contributed by atoms with Crippen molar-refractivity contribution in [3.05, 3.63) is 53.1 Å². The third-order valence-electron chi connectivity index (χ3n) is 3.24. The third kappa shape index (κ3) is 3.18. The van der Waals surface area contributed by atoms with Crippen LogP contribution in [0.2, 0.25) is 0 Å². The highest BCUT2D eigenvalue weighted by molar-refractivity contribution is 5.83. The van der Waals surface area contributed by atoms with E-state index in [0.717, 1.165) is 28.1 Å². The molecular formula is C17H20N2O. The number of rotatable bonds is 3. The van der Waals surface area contributed by atoms with Crippen LogP contribution in [0.25, 0.3) is 0 Å². The summed E-state index contributed by atoms with van der Waals surface area (Å²) < 4.78 is 0. The lowest BCUT2D eigenvalue weighted by Crippen LogP contribution is -2.07. The molecule has 3 heteroatoms. The Balaban J connectivity index is 2.21. The summed E-state index contributed by atoms with van der Waals surface area (Å²) in [6, 6.07) is 11.9. The van der Waals surface area contributed by atoms with Crippen molar-refractivity contribution in [1.29, 1.82) is 0 Å². The summed E-state index contributed by atoms with van der Waals surface area (Å²) in [7, 11) is 4.03. The lowest BCUT2D eigenvalue weighted by atomic mass is 10.1. The molecule has 0 bridgehead atoms. The maximum absolute atomic E-state index is 9.75. The zero-order chi connectivity index (χ0) is 14.7. The molecule has 2 aromatic rings. The van der Waals surface area contributed by atoms with Gasteiger partial charge in [-0.2, -0.15) is 0 Å². The minimum Gasteiger partial charge on any atom is -0.507 e. The average Bonchev–Trinajstić information content (AvgIpc) is 2.42. The molecule has 0 atom stereocenters. The molecule has 0 aliphatic carbocycles. The van der Waals surface area contributed by atoms with Gasteiger partial charge in [-0.15, -0.1) is 0 Å². The number of hydrogen-bond donors (Lipinski definition) is 1. The molecule has 104 valence electrons. The summed E-state index contributed by atoms with van der Waals surface area (Å²) in [4.78, 5) is 6.52. The Morgan fingerprint density at radius 1 is 1.00 bits per heavy atom. The zero-order valence-corrected chi connectivity index (χ0v) is 12.4. The minimum atomic E-state index is 0.359. The fourth-order valence-electron chi connectivity index (χ4n) is 2.05. The molecule has 0 heterocycles. The van der Waals surface area contributed by atoms with Crippen molar-refractivity contribution in [2.24, 2.45) is 4.99 Å². The predicted molar refractivity (Wildman–Crippen MR) is 85.6 cm³/mol. The Morgan fingerprint density at radius 3 is 2.05 bits per heavy atom. The lowest BCUT2D eigenvalue weighted by molar-refractivity contribution is 0.467. The van der Waals surface area contributed by atoms with Crippen LogP contribution >= 0.6 is 0 Å². The number of nitrogens with zero attached hydrogens (tertiary/aromatic N) is 2. The Hall–Kier alpha value is -2.29. The second-order valence-corrected chi connectivity index (χ2v) is 5.17. The van der Waals surface area contributed by atoms with Gasteiger partial charge < -0.3 is 10.0 Å². The van der Waals surface area contributed by atoms with Crippen LogP contribution < -0.4 is 4.90 Å². The van der Waals surface area contributed by atoms with E-state index in [2.05, 4.69) is 9.89 Å². The number of anilines is 1. The molecule has 0 spiro atoms. The van der Waals surface area contributed by atoms with Crippen molar-refractivity contribution in [3.8, 4) is 5.75 Å². The lowest BCUT2D eigenvalue weighted by Gasteiger charge is -2.11. The molecule has 1 N–H and O–H groups in total. The van der Waals surface area contributed by atoms with E-state index >= 15 is 0 Å². The molecule has 3 nitrogen and oxygen atoms in total. The number of benzene rings is 2. The fourth-order valence-corrected chi connectivity index (χ4v) is 2.05. The van der Waals surface area contributed by atoms with Crippen molar-refractivity contribution < 1.29 is 5.11 Å². The molecule has 0 radical (unpaired) electrons. The van der Waals surface area contributed by atoms with Gasteiger partial charge in [0.1, 0.15) is 5.75 Å². The number of aryl methyl sites for hydroxylation is 2. The molecule has 0 aliphatic rings. The fraction of sp³-hybridized carbons (Fsp3) is 0.235. The number of aromatic hydroxyl groups is 1. The summed E-state index contributed by atoms with van der Waals surface area (Å²) in [5, 5.41) is 9.75. The Labute approximate surface area is 120 Å². The first-order chi connectivity index (χ1) is 9.47. The van der Waals surface area contributed by atoms with Gasteiger partial charge >= 0.3 is 0 Å². The van der Waals surface area contributed by atoms with Crippen LogP contribution in [0.1, 0.15) is 16.7 Å².